The van der Waals surface area contributed by atoms with E-state index in [4.69, 9.17) is 23.2 Å². The number of hydrogen-bond acceptors (Lipinski definition) is 4. The predicted molar refractivity (Wildman–Crippen MR) is 73.9 cm³/mol. The number of hydrazine groups is 1. The van der Waals surface area contributed by atoms with E-state index < -0.39 is 0 Å². The van der Waals surface area contributed by atoms with Crippen molar-refractivity contribution in [3.63, 3.8) is 0 Å². The Kier molecular flexibility index (Phi) is 4.15. The van der Waals surface area contributed by atoms with E-state index >= 15 is 0 Å². The summed E-state index contributed by atoms with van der Waals surface area (Å²) < 4.78 is 0. The van der Waals surface area contributed by atoms with Crippen LogP contribution in [0.2, 0.25) is 5.02 Å². The van der Waals surface area contributed by atoms with Gasteiger partial charge in [0.25, 0.3) is 0 Å². The highest BCUT2D eigenvalue weighted by Crippen LogP contribution is 2.22. The van der Waals surface area contributed by atoms with Crippen molar-refractivity contribution < 1.29 is 0 Å². The smallest absolute Gasteiger partial charge is 0.128 e. The lowest BCUT2D eigenvalue weighted by molar-refractivity contribution is 0.552. The molecule has 0 bridgehead atoms. The Labute approximate surface area is 111 Å². The average molecular weight is 263 g/mol. The van der Waals surface area contributed by atoms with E-state index in [-0.39, 0.29) is 6.04 Å². The van der Waals surface area contributed by atoms with Gasteiger partial charge in [0.05, 0.1) is 6.04 Å². The SMILES string of the molecule is NNC(Cc1ccc(Cl)cc1)c1cccnc1N. The summed E-state index contributed by atoms with van der Waals surface area (Å²) in [5.74, 6) is 6.09. The van der Waals surface area contributed by atoms with Crippen LogP contribution < -0.4 is 17.0 Å². The maximum Gasteiger partial charge on any atom is 0.128 e. The van der Waals surface area contributed by atoms with Crippen LogP contribution in [0.3, 0.4) is 0 Å². The third-order valence-electron chi connectivity index (χ3n) is 2.80. The van der Waals surface area contributed by atoms with Gasteiger partial charge in [0.15, 0.2) is 0 Å². The van der Waals surface area contributed by atoms with Gasteiger partial charge < -0.3 is 5.73 Å². The van der Waals surface area contributed by atoms with E-state index in [1.165, 1.54) is 0 Å². The minimum absolute atomic E-state index is 0.0696. The van der Waals surface area contributed by atoms with Crippen LogP contribution in [0.1, 0.15) is 17.2 Å². The number of halogens is 1. The molecule has 0 aliphatic rings. The zero-order chi connectivity index (χ0) is 13.0. The molecule has 2 aromatic rings. The van der Waals surface area contributed by atoms with E-state index in [0.717, 1.165) is 22.6 Å². The topological polar surface area (TPSA) is 77.0 Å². The first kappa shape index (κ1) is 12.8. The molecule has 18 heavy (non-hydrogen) atoms. The number of benzene rings is 1. The molecule has 0 fully saturated rings. The lowest BCUT2D eigenvalue weighted by Crippen LogP contribution is -2.30. The fourth-order valence-corrected chi connectivity index (χ4v) is 1.97. The summed E-state index contributed by atoms with van der Waals surface area (Å²) in [6, 6.07) is 11.4. The van der Waals surface area contributed by atoms with Gasteiger partial charge in [-0.15, -0.1) is 0 Å². The van der Waals surface area contributed by atoms with Crippen molar-refractivity contribution in [2.24, 2.45) is 5.84 Å². The standard InChI is InChI=1S/C13H15ClN4/c14-10-5-3-9(4-6-10)8-12(18-16)11-2-1-7-17-13(11)15/h1-7,12,18H,8,16H2,(H2,15,17). The summed E-state index contributed by atoms with van der Waals surface area (Å²) in [5, 5.41) is 0.719. The number of nitrogens with zero attached hydrogens (tertiary/aromatic N) is 1. The van der Waals surface area contributed by atoms with E-state index in [1.807, 2.05) is 36.4 Å². The lowest BCUT2D eigenvalue weighted by atomic mass is 10.00. The van der Waals surface area contributed by atoms with E-state index in [2.05, 4.69) is 10.4 Å². The van der Waals surface area contributed by atoms with Gasteiger partial charge in [-0.2, -0.15) is 0 Å². The largest absolute Gasteiger partial charge is 0.383 e. The average Bonchev–Trinajstić information content (AvgIpc) is 2.39. The molecule has 0 aliphatic heterocycles. The first-order valence-electron chi connectivity index (χ1n) is 5.61. The summed E-state index contributed by atoms with van der Waals surface area (Å²) in [6.07, 6.45) is 2.39. The molecule has 94 valence electrons. The Morgan fingerprint density at radius 1 is 1.22 bits per heavy atom. The highest BCUT2D eigenvalue weighted by atomic mass is 35.5. The third-order valence-corrected chi connectivity index (χ3v) is 3.05. The molecule has 0 amide bonds. The van der Waals surface area contributed by atoms with Crippen molar-refractivity contribution in [2.45, 2.75) is 12.5 Å². The molecule has 0 spiro atoms. The van der Waals surface area contributed by atoms with Crippen LogP contribution in [0.15, 0.2) is 42.6 Å². The Balaban J connectivity index is 2.20. The highest BCUT2D eigenvalue weighted by Gasteiger charge is 2.13. The minimum Gasteiger partial charge on any atom is -0.383 e. The van der Waals surface area contributed by atoms with Gasteiger partial charge in [0.2, 0.25) is 0 Å². The van der Waals surface area contributed by atoms with Crippen molar-refractivity contribution in [1.29, 1.82) is 0 Å². The van der Waals surface area contributed by atoms with Gasteiger partial charge in [-0.25, -0.2) is 4.98 Å². The molecular formula is C13H15ClN4. The number of aromatic nitrogens is 1. The van der Waals surface area contributed by atoms with E-state index in [9.17, 15) is 0 Å². The molecule has 1 aromatic heterocycles. The van der Waals surface area contributed by atoms with Crippen molar-refractivity contribution in [2.75, 3.05) is 5.73 Å². The molecule has 0 saturated carbocycles. The van der Waals surface area contributed by atoms with Crippen molar-refractivity contribution in [3.05, 3.63) is 58.7 Å². The molecule has 4 nitrogen and oxygen atoms in total. The van der Waals surface area contributed by atoms with Gasteiger partial charge in [0, 0.05) is 16.8 Å². The normalized spacial score (nSPS) is 12.3. The number of nitrogens with two attached hydrogens (primary N) is 2. The van der Waals surface area contributed by atoms with Crippen LogP contribution in [0, 0.1) is 0 Å². The summed E-state index contributed by atoms with van der Waals surface area (Å²) in [5.41, 5.74) is 10.6. The monoisotopic (exact) mass is 262 g/mol. The summed E-state index contributed by atoms with van der Waals surface area (Å²) in [6.45, 7) is 0. The van der Waals surface area contributed by atoms with Crippen molar-refractivity contribution in [1.82, 2.24) is 10.4 Å². The number of hydrogen-bond donors (Lipinski definition) is 3. The molecule has 1 aromatic carbocycles. The molecule has 0 aliphatic carbocycles. The second-order valence-corrected chi connectivity index (χ2v) is 4.46. The van der Waals surface area contributed by atoms with Crippen molar-refractivity contribution >= 4 is 17.4 Å². The summed E-state index contributed by atoms with van der Waals surface area (Å²) in [4.78, 5) is 4.06. The number of nitrogen functional groups attached to an aromatic ring is 1. The van der Waals surface area contributed by atoms with E-state index in [1.54, 1.807) is 6.20 Å². The fraction of sp³-hybridized carbons (Fsp3) is 0.154. The van der Waals surface area contributed by atoms with Gasteiger partial charge in [-0.05, 0) is 30.2 Å². The molecule has 5 N–H and O–H groups in total. The zero-order valence-electron chi connectivity index (χ0n) is 9.81. The predicted octanol–water partition coefficient (Wildman–Crippen LogP) is 2.06. The zero-order valence-corrected chi connectivity index (χ0v) is 10.6. The Morgan fingerprint density at radius 3 is 2.56 bits per heavy atom. The molecule has 2 rings (SSSR count). The Hall–Kier alpha value is -1.62. The maximum absolute atomic E-state index is 5.85. The third kappa shape index (κ3) is 2.98. The van der Waals surface area contributed by atoms with Crippen LogP contribution in [-0.4, -0.2) is 4.98 Å². The molecule has 1 atom stereocenters. The van der Waals surface area contributed by atoms with Crippen LogP contribution in [0.25, 0.3) is 0 Å². The van der Waals surface area contributed by atoms with Crippen LogP contribution in [0.5, 0.6) is 0 Å². The number of rotatable bonds is 4. The van der Waals surface area contributed by atoms with Gasteiger partial charge in [0.1, 0.15) is 5.82 Å². The Morgan fingerprint density at radius 2 is 1.94 bits per heavy atom. The van der Waals surface area contributed by atoms with Crippen LogP contribution in [-0.2, 0) is 6.42 Å². The summed E-state index contributed by atoms with van der Waals surface area (Å²) >= 11 is 5.85. The number of anilines is 1. The molecule has 1 heterocycles. The second-order valence-electron chi connectivity index (χ2n) is 4.03. The fourth-order valence-electron chi connectivity index (χ4n) is 1.84. The van der Waals surface area contributed by atoms with Crippen LogP contribution >= 0.6 is 11.6 Å². The summed E-state index contributed by atoms with van der Waals surface area (Å²) in [7, 11) is 0. The van der Waals surface area contributed by atoms with Crippen LogP contribution in [0.4, 0.5) is 5.82 Å². The molecule has 0 saturated heterocycles. The molecule has 0 radical (unpaired) electrons. The molecule has 5 heteroatoms. The quantitative estimate of drug-likeness (QED) is 0.582. The lowest BCUT2D eigenvalue weighted by Gasteiger charge is -2.17. The second kappa shape index (κ2) is 5.82. The van der Waals surface area contributed by atoms with Gasteiger partial charge in [-0.3, -0.25) is 11.3 Å². The maximum atomic E-state index is 5.85. The first-order valence-corrected chi connectivity index (χ1v) is 5.99. The molecule has 1 unspecified atom stereocenters. The highest BCUT2D eigenvalue weighted by molar-refractivity contribution is 6.30. The minimum atomic E-state index is -0.0696. The van der Waals surface area contributed by atoms with Crippen molar-refractivity contribution in [3.8, 4) is 0 Å². The number of nitrogens with one attached hydrogen (secondary N) is 1. The molecular weight excluding hydrogens is 248 g/mol. The van der Waals surface area contributed by atoms with Gasteiger partial charge in [-0.1, -0.05) is 29.8 Å². The first-order chi connectivity index (χ1) is 8.70. The van der Waals surface area contributed by atoms with E-state index in [0.29, 0.717) is 5.82 Å². The number of pyridine rings is 1. The Bertz CT molecular complexity index is 513. The van der Waals surface area contributed by atoms with Gasteiger partial charge >= 0.3 is 0 Å².